The molecule has 6 rings (SSSR count). The molecule has 4 aliphatic rings. The number of benzene rings is 2. The summed E-state index contributed by atoms with van der Waals surface area (Å²) in [5, 5.41) is 4.87. The van der Waals surface area contributed by atoms with Crippen LogP contribution in [0.25, 0.3) is 0 Å². The van der Waals surface area contributed by atoms with Crippen LogP contribution in [-0.4, -0.2) is 35.8 Å². The molecule has 6 unspecified atom stereocenters. The molecule has 0 saturated carbocycles. The van der Waals surface area contributed by atoms with Crippen molar-refractivity contribution in [3.63, 3.8) is 0 Å². The van der Waals surface area contributed by atoms with E-state index in [2.05, 4.69) is 5.16 Å². The Morgan fingerprint density at radius 3 is 2.21 bits per heavy atom. The molecule has 0 radical (unpaired) electrons. The van der Waals surface area contributed by atoms with Gasteiger partial charge in [0, 0.05) is 5.02 Å². The predicted octanol–water partition coefficient (Wildman–Crippen LogP) is 2.95. The standard InChI is InChI=1S/C22H17ClN2O4/c1-10-2-4-11(5-3-10)17-16-18-14-15(19(28-18)20(16)29-24-17)22(27)25(21(14)26)13-8-6-12(23)7-9-13/h2-9,14-16,18-20H,1H3. The number of amides is 2. The Kier molecular flexibility index (Phi) is 3.50. The van der Waals surface area contributed by atoms with E-state index >= 15 is 0 Å². The van der Waals surface area contributed by atoms with E-state index < -0.39 is 24.0 Å². The fraction of sp³-hybridized carbons (Fsp3) is 0.318. The maximum atomic E-state index is 13.3. The van der Waals surface area contributed by atoms with E-state index in [-0.39, 0.29) is 23.8 Å². The number of aryl methyl sites for hydroxylation is 1. The van der Waals surface area contributed by atoms with Crippen molar-refractivity contribution >= 4 is 34.8 Å². The number of oxime groups is 1. The molecule has 29 heavy (non-hydrogen) atoms. The largest absolute Gasteiger partial charge is 0.389 e. The van der Waals surface area contributed by atoms with Crippen LogP contribution in [0, 0.1) is 24.7 Å². The maximum Gasteiger partial charge on any atom is 0.240 e. The van der Waals surface area contributed by atoms with Crippen molar-refractivity contribution < 1.29 is 19.2 Å². The van der Waals surface area contributed by atoms with Crippen LogP contribution in [-0.2, 0) is 19.2 Å². The van der Waals surface area contributed by atoms with E-state index in [1.54, 1.807) is 24.3 Å². The highest BCUT2D eigenvalue weighted by atomic mass is 35.5. The zero-order valence-electron chi connectivity index (χ0n) is 15.5. The molecule has 3 fully saturated rings. The third kappa shape index (κ3) is 2.24. The molecule has 0 spiro atoms. The summed E-state index contributed by atoms with van der Waals surface area (Å²) in [5.74, 6) is -1.64. The fourth-order valence-corrected chi connectivity index (χ4v) is 5.29. The monoisotopic (exact) mass is 408 g/mol. The summed E-state index contributed by atoms with van der Waals surface area (Å²) in [4.78, 5) is 33.4. The minimum atomic E-state index is -0.531. The van der Waals surface area contributed by atoms with Gasteiger partial charge < -0.3 is 9.57 Å². The lowest BCUT2D eigenvalue weighted by atomic mass is 9.71. The van der Waals surface area contributed by atoms with Gasteiger partial charge in [-0.3, -0.25) is 9.59 Å². The SMILES string of the molecule is Cc1ccc(C2=NOC3C4OC(C23)C2C(=O)N(c3ccc(Cl)cc3)C(=O)C42)cc1. The van der Waals surface area contributed by atoms with E-state index in [0.29, 0.717) is 10.7 Å². The molecule has 146 valence electrons. The second kappa shape index (κ2) is 5.90. The summed E-state index contributed by atoms with van der Waals surface area (Å²) < 4.78 is 6.13. The lowest BCUT2D eigenvalue weighted by Crippen LogP contribution is -2.45. The summed E-state index contributed by atoms with van der Waals surface area (Å²) in [6.45, 7) is 2.03. The van der Waals surface area contributed by atoms with Gasteiger partial charge in [0.1, 0.15) is 6.10 Å². The molecule has 6 atom stereocenters. The first-order chi connectivity index (χ1) is 14.0. The van der Waals surface area contributed by atoms with Crippen LogP contribution in [0.2, 0.25) is 5.02 Å². The van der Waals surface area contributed by atoms with Gasteiger partial charge in [0.05, 0.1) is 35.3 Å². The number of hydrogen-bond acceptors (Lipinski definition) is 5. The number of rotatable bonds is 2. The smallest absolute Gasteiger partial charge is 0.240 e. The number of ether oxygens (including phenoxy) is 1. The Bertz CT molecular complexity index is 1070. The summed E-state index contributed by atoms with van der Waals surface area (Å²) in [6.07, 6.45) is -1.21. The van der Waals surface area contributed by atoms with Gasteiger partial charge in [0.2, 0.25) is 11.8 Å². The number of carbonyl (C=O) groups excluding carboxylic acids is 2. The van der Waals surface area contributed by atoms with E-state index in [9.17, 15) is 9.59 Å². The molecular weight excluding hydrogens is 392 g/mol. The normalized spacial score (nSPS) is 34.3. The minimum absolute atomic E-state index is 0.147. The summed E-state index contributed by atoms with van der Waals surface area (Å²) in [7, 11) is 0. The maximum absolute atomic E-state index is 13.3. The average molecular weight is 409 g/mol. The summed E-state index contributed by atoms with van der Waals surface area (Å²) in [6, 6.07) is 14.8. The third-order valence-electron chi connectivity index (χ3n) is 6.47. The van der Waals surface area contributed by atoms with Gasteiger partial charge in [0.15, 0.2) is 6.10 Å². The highest BCUT2D eigenvalue weighted by molar-refractivity contribution is 6.31. The molecule has 3 saturated heterocycles. The Morgan fingerprint density at radius 2 is 1.52 bits per heavy atom. The number of nitrogens with zero attached hydrogens (tertiary/aromatic N) is 2. The van der Waals surface area contributed by atoms with Crippen molar-refractivity contribution in [2.24, 2.45) is 22.9 Å². The Hall–Kier alpha value is -2.70. The van der Waals surface area contributed by atoms with Crippen LogP contribution in [0.1, 0.15) is 11.1 Å². The lowest BCUT2D eigenvalue weighted by molar-refractivity contribution is -0.125. The third-order valence-corrected chi connectivity index (χ3v) is 6.72. The highest BCUT2D eigenvalue weighted by Gasteiger charge is 2.72. The van der Waals surface area contributed by atoms with Crippen LogP contribution in [0.3, 0.4) is 0 Å². The first-order valence-corrected chi connectivity index (χ1v) is 10.0. The second-order valence-corrected chi connectivity index (χ2v) is 8.48. The van der Waals surface area contributed by atoms with Crippen LogP contribution in [0.15, 0.2) is 53.7 Å². The fourth-order valence-electron chi connectivity index (χ4n) is 5.16. The number of hydrogen-bond donors (Lipinski definition) is 0. The topological polar surface area (TPSA) is 68.2 Å². The number of halogens is 1. The number of anilines is 1. The molecule has 0 N–H and O–H groups in total. The van der Waals surface area contributed by atoms with Crippen molar-refractivity contribution in [1.82, 2.24) is 0 Å². The summed E-state index contributed by atoms with van der Waals surface area (Å²) >= 11 is 5.95. The Balaban J connectivity index is 1.35. The van der Waals surface area contributed by atoms with Crippen LogP contribution < -0.4 is 4.90 Å². The van der Waals surface area contributed by atoms with E-state index in [1.165, 1.54) is 4.90 Å². The molecule has 6 nitrogen and oxygen atoms in total. The van der Waals surface area contributed by atoms with Gasteiger partial charge in [-0.25, -0.2) is 4.90 Å². The average Bonchev–Trinajstić information content (AvgIpc) is 3.44. The Labute approximate surface area is 172 Å². The molecule has 2 aromatic rings. The molecule has 4 heterocycles. The zero-order valence-corrected chi connectivity index (χ0v) is 16.2. The lowest BCUT2D eigenvalue weighted by Gasteiger charge is -2.26. The molecule has 7 heteroatoms. The second-order valence-electron chi connectivity index (χ2n) is 8.04. The van der Waals surface area contributed by atoms with E-state index in [0.717, 1.165) is 16.8 Å². The minimum Gasteiger partial charge on any atom is -0.389 e. The molecule has 0 aromatic heterocycles. The van der Waals surface area contributed by atoms with Crippen LogP contribution in [0.4, 0.5) is 5.69 Å². The molecule has 4 aliphatic heterocycles. The van der Waals surface area contributed by atoms with Gasteiger partial charge in [0.25, 0.3) is 0 Å². The Morgan fingerprint density at radius 1 is 0.862 bits per heavy atom. The van der Waals surface area contributed by atoms with Crippen LogP contribution in [0.5, 0.6) is 0 Å². The number of imide groups is 1. The quantitative estimate of drug-likeness (QED) is 0.716. The molecular formula is C22H17ClN2O4. The van der Waals surface area contributed by atoms with E-state index in [4.69, 9.17) is 21.2 Å². The molecule has 2 bridgehead atoms. The van der Waals surface area contributed by atoms with Gasteiger partial charge in [-0.05, 0) is 36.8 Å². The molecule has 2 amide bonds. The first-order valence-electron chi connectivity index (χ1n) is 9.64. The predicted molar refractivity (Wildman–Crippen MR) is 106 cm³/mol. The van der Waals surface area contributed by atoms with Gasteiger partial charge in [-0.2, -0.15) is 0 Å². The number of fused-ring (bicyclic) bond motifs is 8. The van der Waals surface area contributed by atoms with Crippen molar-refractivity contribution in [3.05, 3.63) is 64.7 Å². The van der Waals surface area contributed by atoms with Gasteiger partial charge in [-0.15, -0.1) is 0 Å². The van der Waals surface area contributed by atoms with E-state index in [1.807, 2.05) is 31.2 Å². The van der Waals surface area contributed by atoms with Gasteiger partial charge in [-0.1, -0.05) is 46.6 Å². The molecule has 0 aliphatic carbocycles. The van der Waals surface area contributed by atoms with Crippen molar-refractivity contribution in [3.8, 4) is 0 Å². The van der Waals surface area contributed by atoms with Crippen molar-refractivity contribution in [1.29, 1.82) is 0 Å². The van der Waals surface area contributed by atoms with Crippen LogP contribution >= 0.6 is 11.6 Å². The zero-order chi connectivity index (χ0) is 19.9. The van der Waals surface area contributed by atoms with Gasteiger partial charge >= 0.3 is 0 Å². The highest BCUT2D eigenvalue weighted by Crippen LogP contribution is 2.55. The number of carbonyl (C=O) groups is 2. The van der Waals surface area contributed by atoms with Crippen molar-refractivity contribution in [2.45, 2.75) is 25.2 Å². The summed E-state index contributed by atoms with van der Waals surface area (Å²) in [5.41, 5.74) is 3.45. The molecule has 2 aromatic carbocycles. The van der Waals surface area contributed by atoms with Crippen molar-refractivity contribution in [2.75, 3.05) is 4.90 Å². The first kappa shape index (κ1) is 17.2.